The van der Waals surface area contributed by atoms with Crippen LogP contribution in [-0.2, 0) is 47.9 Å². The molecule has 1 aliphatic rings. The lowest BCUT2D eigenvalue weighted by molar-refractivity contribution is -0.148. The van der Waals surface area contributed by atoms with Gasteiger partial charge in [0, 0.05) is 32.0 Å². The fraction of sp³-hybridized carbons (Fsp3) is 0.697. The first kappa shape index (κ1) is 50.7. The maximum absolute atomic E-state index is 13.7. The van der Waals surface area contributed by atoms with Crippen molar-refractivity contribution in [3.05, 3.63) is 0 Å². The Bertz CT molecular complexity index is 1530. The third kappa shape index (κ3) is 15.2. The van der Waals surface area contributed by atoms with Crippen LogP contribution in [0.3, 0.4) is 0 Å². The lowest BCUT2D eigenvalue weighted by Gasteiger charge is -2.31. The molecule has 1 saturated heterocycles. The Morgan fingerprint density at radius 3 is 1.90 bits per heavy atom. The van der Waals surface area contributed by atoms with Crippen molar-refractivity contribution in [3.8, 4) is 0 Å². The zero-order chi connectivity index (χ0) is 44.6. The van der Waals surface area contributed by atoms with Crippen LogP contribution in [0.2, 0.25) is 0 Å². The summed E-state index contributed by atoms with van der Waals surface area (Å²) >= 11 is 0. The van der Waals surface area contributed by atoms with E-state index in [0.717, 1.165) is 6.92 Å². The van der Waals surface area contributed by atoms with Crippen molar-refractivity contribution in [2.75, 3.05) is 26.2 Å². The molecule has 328 valence electrons. The first-order chi connectivity index (χ1) is 27.0. The number of aliphatic hydroxyl groups excluding tert-OH is 4. The number of carboxylic acids is 1. The number of amides is 8. The van der Waals surface area contributed by atoms with Crippen LogP contribution >= 0.6 is 0 Å². The van der Waals surface area contributed by atoms with Gasteiger partial charge in [-0.25, -0.2) is 4.79 Å². The lowest BCUT2D eigenvalue weighted by atomic mass is 9.87. The summed E-state index contributed by atoms with van der Waals surface area (Å²) in [6.07, 6.45) is -9.74. The predicted molar refractivity (Wildman–Crippen MR) is 197 cm³/mol. The van der Waals surface area contributed by atoms with Gasteiger partial charge in [-0.1, -0.05) is 20.8 Å². The molecule has 0 bridgehead atoms. The molecule has 1 rings (SSSR count). The topological polar surface area (TPSA) is 420 Å². The molecule has 0 aromatic carbocycles. The fourth-order valence-corrected chi connectivity index (χ4v) is 5.33. The average molecular weight is 833 g/mol. The van der Waals surface area contributed by atoms with Gasteiger partial charge >= 0.3 is 5.97 Å². The van der Waals surface area contributed by atoms with E-state index in [1.807, 2.05) is 10.6 Å². The Morgan fingerprint density at radius 1 is 0.793 bits per heavy atom. The van der Waals surface area contributed by atoms with Crippen molar-refractivity contribution in [1.29, 1.82) is 0 Å². The number of rotatable bonds is 13. The molecule has 25 heteroatoms. The van der Waals surface area contributed by atoms with Crippen LogP contribution in [0, 0.1) is 11.8 Å². The zero-order valence-corrected chi connectivity index (χ0v) is 32.6. The van der Waals surface area contributed by atoms with E-state index in [2.05, 4.69) is 26.6 Å². The highest BCUT2D eigenvalue weighted by molar-refractivity contribution is 6.06. The molecule has 25 nitrogen and oxygen atoms in total. The first-order valence-corrected chi connectivity index (χ1v) is 18.3. The number of aliphatic hydroxyl groups is 4. The highest BCUT2D eigenvalue weighted by Crippen LogP contribution is 2.19. The molecule has 0 aromatic rings. The summed E-state index contributed by atoms with van der Waals surface area (Å²) in [7, 11) is 0. The second kappa shape index (κ2) is 23.8. The number of β-amino-alcohol motifs (C(OH)–C–C–N with tert-alkyl or cyclic N) is 1. The van der Waals surface area contributed by atoms with E-state index in [1.165, 1.54) is 27.7 Å². The van der Waals surface area contributed by atoms with E-state index in [1.54, 1.807) is 5.32 Å². The Morgan fingerprint density at radius 2 is 1.38 bits per heavy atom. The van der Waals surface area contributed by atoms with Crippen LogP contribution < -0.4 is 54.0 Å². The molecule has 1 aliphatic heterocycles. The number of nitrogens with one attached hydrogen (secondary N) is 8. The van der Waals surface area contributed by atoms with Crippen LogP contribution in [0.15, 0.2) is 0 Å². The van der Waals surface area contributed by atoms with Crippen molar-refractivity contribution in [3.63, 3.8) is 0 Å². The van der Waals surface area contributed by atoms with Gasteiger partial charge in [0.05, 0.1) is 24.7 Å². The van der Waals surface area contributed by atoms with Gasteiger partial charge in [0.25, 0.3) is 11.8 Å². The van der Waals surface area contributed by atoms with E-state index in [9.17, 15) is 73.5 Å². The highest BCUT2D eigenvalue weighted by Gasteiger charge is 2.41. The molecule has 17 N–H and O–H groups in total. The van der Waals surface area contributed by atoms with Crippen LogP contribution in [0.4, 0.5) is 0 Å². The molecular weight excluding hydrogens is 776 g/mol. The number of carboxylic acid groups (broad SMARTS) is 1. The Kier molecular flexibility index (Phi) is 20.8. The maximum atomic E-state index is 13.7. The highest BCUT2D eigenvalue weighted by atomic mass is 16.4. The van der Waals surface area contributed by atoms with Gasteiger partial charge in [-0.2, -0.15) is 0 Å². The number of carbonyl (C=O) groups excluding carboxylic acids is 9. The number of aliphatic carboxylic acids is 1. The second-order valence-corrected chi connectivity index (χ2v) is 13.9. The summed E-state index contributed by atoms with van der Waals surface area (Å²) in [4.78, 5) is 130. The van der Waals surface area contributed by atoms with Gasteiger partial charge in [0.2, 0.25) is 41.5 Å². The Labute approximate surface area is 332 Å². The summed E-state index contributed by atoms with van der Waals surface area (Å²) in [5.74, 6) is -15.1. The lowest BCUT2D eigenvalue weighted by Crippen LogP contribution is -2.64. The number of hydrogen-bond acceptors (Lipinski definition) is 16. The number of primary amides is 1. The van der Waals surface area contributed by atoms with E-state index in [4.69, 9.17) is 11.5 Å². The molecule has 11 unspecified atom stereocenters. The number of Topliss-reactive ketones (excluding diaryl/α,β-unsaturated/α-hetero) is 1. The van der Waals surface area contributed by atoms with Gasteiger partial charge in [0.1, 0.15) is 30.3 Å². The fourth-order valence-electron chi connectivity index (χ4n) is 5.33. The second-order valence-electron chi connectivity index (χ2n) is 13.9. The standard InChI is InChI=1S/C33H56N10O15/c1-6-16-18(45)9-15(12(2)3)27(51)42-21(23(47)24(48)25(35)49)31(55)41-20(14(5)44)30(54)38-11-19(46)29(53)43-22(33(57)58)32(56)40-17(28(52)39-16)10-37-26(50)13(4)36-8-7-34/h12-17,19-24,36,44,46-48H,6-11,34H2,1-5H3,(H2,35,49)(H,37,50)(H,38,54)(H,39,52)(H,40,56)(H,41,55)(H,42,51)(H,43,53)(H,57,58). The van der Waals surface area contributed by atoms with E-state index >= 15 is 0 Å². The summed E-state index contributed by atoms with van der Waals surface area (Å²) in [6.45, 7) is 5.64. The van der Waals surface area contributed by atoms with Crippen molar-refractivity contribution in [1.82, 2.24) is 42.5 Å². The molecule has 8 amide bonds. The van der Waals surface area contributed by atoms with E-state index in [0.29, 0.717) is 0 Å². The van der Waals surface area contributed by atoms with Gasteiger partial charge < -0.3 is 79.5 Å². The predicted octanol–water partition coefficient (Wildman–Crippen LogP) is -8.73. The van der Waals surface area contributed by atoms with Crippen molar-refractivity contribution < 1.29 is 73.5 Å². The number of ketones is 1. The van der Waals surface area contributed by atoms with Gasteiger partial charge in [0.15, 0.2) is 11.9 Å². The number of hydrogen-bond donors (Lipinski definition) is 15. The third-order valence-corrected chi connectivity index (χ3v) is 8.94. The minimum atomic E-state index is -2.48. The zero-order valence-electron chi connectivity index (χ0n) is 32.6. The molecule has 1 fully saturated rings. The molecule has 0 saturated carbocycles. The van der Waals surface area contributed by atoms with Crippen LogP contribution in [0.5, 0.6) is 0 Å². The molecule has 58 heavy (non-hydrogen) atoms. The first-order valence-electron chi connectivity index (χ1n) is 18.3. The average Bonchev–Trinajstić information content (AvgIpc) is 3.16. The minimum absolute atomic E-state index is 0.118. The van der Waals surface area contributed by atoms with Crippen molar-refractivity contribution in [2.45, 2.75) is 108 Å². The van der Waals surface area contributed by atoms with Crippen molar-refractivity contribution >= 4 is 59.0 Å². The monoisotopic (exact) mass is 832 g/mol. The summed E-state index contributed by atoms with van der Waals surface area (Å²) in [6, 6.07) is -10.8. The summed E-state index contributed by atoms with van der Waals surface area (Å²) in [5, 5.41) is 69.0. The van der Waals surface area contributed by atoms with E-state index < -0.39 is 151 Å². The van der Waals surface area contributed by atoms with Gasteiger partial charge in [-0.05, 0) is 26.2 Å². The Balaban J connectivity index is 3.78. The summed E-state index contributed by atoms with van der Waals surface area (Å²) in [5.41, 5.74) is 10.5. The van der Waals surface area contributed by atoms with Gasteiger partial charge in [-0.15, -0.1) is 0 Å². The molecule has 0 aliphatic carbocycles. The quantitative estimate of drug-likeness (QED) is 0.0766. The number of nitrogens with two attached hydrogens (primary N) is 2. The molecule has 0 radical (unpaired) electrons. The molecule has 1 heterocycles. The summed E-state index contributed by atoms with van der Waals surface area (Å²) < 4.78 is 0. The molecule has 0 aromatic heterocycles. The molecule has 11 atom stereocenters. The molecular formula is C33H56N10O15. The van der Waals surface area contributed by atoms with Crippen molar-refractivity contribution in [2.24, 2.45) is 23.3 Å². The smallest absolute Gasteiger partial charge is 0.336 e. The number of carbonyl (C=O) groups is 10. The minimum Gasteiger partial charge on any atom is -0.479 e. The maximum Gasteiger partial charge on any atom is 0.336 e. The van der Waals surface area contributed by atoms with Gasteiger partial charge in [-0.3, -0.25) is 43.2 Å². The SMILES string of the molecule is CCC1NC(=O)C(CNC(=O)C(C)NCCN)NC(=O)C(C(=O)O)NC(=O)C(O)CNC(=O)C(C(C)O)NC(=O)C(C(O)C(O)C(N)=O)NC(=O)C(C(C)C)CC1=O. The normalized spacial score (nSPS) is 27.1. The largest absolute Gasteiger partial charge is 0.479 e. The molecule has 0 spiro atoms. The van der Waals surface area contributed by atoms with E-state index in [-0.39, 0.29) is 19.5 Å². The van der Waals surface area contributed by atoms with Crippen LogP contribution in [0.25, 0.3) is 0 Å². The third-order valence-electron chi connectivity index (χ3n) is 8.94. The Hall–Kier alpha value is -5.34. The van der Waals surface area contributed by atoms with Crippen LogP contribution in [-0.4, -0.2) is 171 Å². The van der Waals surface area contributed by atoms with Crippen LogP contribution in [0.1, 0.15) is 47.5 Å².